The highest BCUT2D eigenvalue weighted by Crippen LogP contribution is 2.60. The first-order valence-corrected chi connectivity index (χ1v) is 8.73. The summed E-state index contributed by atoms with van der Waals surface area (Å²) in [4.78, 5) is 23.2. The van der Waals surface area contributed by atoms with Crippen molar-refractivity contribution in [1.29, 1.82) is 0 Å². The third-order valence-electron chi connectivity index (χ3n) is 6.38. The van der Waals surface area contributed by atoms with Crippen LogP contribution in [0.1, 0.15) is 53.4 Å². The van der Waals surface area contributed by atoms with Gasteiger partial charge in [0.15, 0.2) is 11.9 Å². The zero-order valence-corrected chi connectivity index (χ0v) is 14.2. The molecule has 2 bridgehead atoms. The van der Waals surface area contributed by atoms with Crippen LogP contribution in [0.2, 0.25) is 0 Å². The van der Waals surface area contributed by atoms with Crippen LogP contribution in [0.4, 0.5) is 0 Å². The molecule has 4 aliphatic heterocycles. The van der Waals surface area contributed by atoms with Gasteiger partial charge in [0.05, 0.1) is 0 Å². The predicted molar refractivity (Wildman–Crippen MR) is 78.6 cm³/mol. The average molecular weight is 326 g/mol. The number of carbonyl (C=O) groups excluding carboxylic acids is 1. The van der Waals surface area contributed by atoms with Crippen LogP contribution in [0, 0.1) is 23.7 Å². The minimum Gasteiger partial charge on any atom is -0.436 e. The molecule has 0 aromatic heterocycles. The monoisotopic (exact) mass is 326 g/mol. The van der Waals surface area contributed by atoms with Crippen molar-refractivity contribution >= 4 is 5.97 Å². The molecule has 6 heteroatoms. The number of fused-ring (bicyclic) bond motifs is 2. The van der Waals surface area contributed by atoms with Crippen LogP contribution in [0.25, 0.3) is 0 Å². The molecule has 0 aromatic rings. The van der Waals surface area contributed by atoms with Gasteiger partial charge in [0, 0.05) is 25.2 Å². The second-order valence-corrected chi connectivity index (χ2v) is 7.88. The first-order valence-electron chi connectivity index (χ1n) is 8.73. The molecular formula is C17H26O6. The van der Waals surface area contributed by atoms with E-state index in [4.69, 9.17) is 24.0 Å². The van der Waals surface area contributed by atoms with Gasteiger partial charge < -0.3 is 14.2 Å². The fraction of sp³-hybridized carbons (Fsp3) is 0.941. The predicted octanol–water partition coefficient (Wildman–Crippen LogP) is 2.76. The molecule has 1 spiro atoms. The maximum absolute atomic E-state index is 11.4. The lowest BCUT2D eigenvalue weighted by Gasteiger charge is -2.59. The SMILES string of the molecule is CC(=O)O[C@@H]1O[C@@H]2O[C@@]3(C)CC[C@H]4[C@H](C)CC[C@@H]([C@H]1C)[C@@]24OO3. The Labute approximate surface area is 136 Å². The summed E-state index contributed by atoms with van der Waals surface area (Å²) in [7, 11) is 0. The lowest BCUT2D eigenvalue weighted by Crippen LogP contribution is -2.70. The summed E-state index contributed by atoms with van der Waals surface area (Å²) in [5.74, 6) is -0.0347. The van der Waals surface area contributed by atoms with E-state index in [-0.39, 0.29) is 17.8 Å². The highest BCUT2D eigenvalue weighted by atomic mass is 17.3. The molecule has 23 heavy (non-hydrogen) atoms. The lowest BCUT2D eigenvalue weighted by atomic mass is 9.58. The van der Waals surface area contributed by atoms with Crippen LogP contribution in [-0.4, -0.2) is 29.9 Å². The molecule has 4 saturated heterocycles. The quantitative estimate of drug-likeness (QED) is 0.545. The molecule has 0 aromatic carbocycles. The molecule has 1 aliphatic carbocycles. The minimum atomic E-state index is -0.793. The molecule has 1 saturated carbocycles. The Kier molecular flexibility index (Phi) is 3.54. The number of hydrogen-bond acceptors (Lipinski definition) is 6. The Morgan fingerprint density at radius 1 is 1.13 bits per heavy atom. The van der Waals surface area contributed by atoms with Gasteiger partial charge in [-0.25, -0.2) is 9.78 Å². The van der Waals surface area contributed by atoms with Crippen LogP contribution < -0.4 is 0 Å². The molecule has 0 amide bonds. The van der Waals surface area contributed by atoms with E-state index in [2.05, 4.69) is 13.8 Å². The standard InChI is InChI=1S/C17H26O6/c1-9-5-6-13-10(2)14(19-11(3)18)20-15-17(13)12(9)7-8-16(4,21-15)22-23-17/h9-10,12-15H,5-8H2,1-4H3/t9-,10-,12+,13+,14-,15-,16-,17-/m1/s1. The van der Waals surface area contributed by atoms with Crippen molar-refractivity contribution in [3.05, 3.63) is 0 Å². The minimum absolute atomic E-state index is 0.0415. The molecular weight excluding hydrogens is 300 g/mol. The highest BCUT2D eigenvalue weighted by molar-refractivity contribution is 5.66. The van der Waals surface area contributed by atoms with Gasteiger partial charge in [0.25, 0.3) is 0 Å². The van der Waals surface area contributed by atoms with Crippen molar-refractivity contribution in [3.63, 3.8) is 0 Å². The van der Waals surface area contributed by atoms with Crippen molar-refractivity contribution in [2.24, 2.45) is 23.7 Å². The fourth-order valence-corrected chi connectivity index (χ4v) is 5.17. The summed E-state index contributed by atoms with van der Waals surface area (Å²) in [5.41, 5.74) is -0.594. The first-order chi connectivity index (χ1) is 10.9. The van der Waals surface area contributed by atoms with Crippen molar-refractivity contribution in [1.82, 2.24) is 0 Å². The van der Waals surface area contributed by atoms with Gasteiger partial charge in [-0.2, -0.15) is 0 Å². The number of carbonyl (C=O) groups is 1. The Balaban J connectivity index is 1.74. The normalized spacial score (nSPS) is 55.0. The van der Waals surface area contributed by atoms with E-state index in [9.17, 15) is 4.79 Å². The summed E-state index contributed by atoms with van der Waals surface area (Å²) in [6, 6.07) is 0. The van der Waals surface area contributed by atoms with Crippen LogP contribution in [0.3, 0.4) is 0 Å². The molecule has 0 unspecified atom stereocenters. The van der Waals surface area contributed by atoms with Gasteiger partial charge in [-0.15, -0.1) is 0 Å². The number of esters is 1. The molecule has 5 fully saturated rings. The van der Waals surface area contributed by atoms with E-state index in [0.717, 1.165) is 25.7 Å². The largest absolute Gasteiger partial charge is 0.436 e. The Bertz CT molecular complexity index is 509. The second-order valence-electron chi connectivity index (χ2n) is 7.88. The van der Waals surface area contributed by atoms with Crippen molar-refractivity contribution in [2.45, 2.75) is 77.3 Å². The second kappa shape index (κ2) is 5.15. The summed E-state index contributed by atoms with van der Waals surface area (Å²) in [5, 5.41) is 0. The Morgan fingerprint density at radius 3 is 2.65 bits per heavy atom. The van der Waals surface area contributed by atoms with Gasteiger partial charge in [-0.05, 0) is 38.0 Å². The van der Waals surface area contributed by atoms with Gasteiger partial charge in [-0.3, -0.25) is 4.79 Å². The van der Waals surface area contributed by atoms with Gasteiger partial charge in [-0.1, -0.05) is 13.8 Å². The van der Waals surface area contributed by atoms with Crippen LogP contribution in [0.5, 0.6) is 0 Å². The van der Waals surface area contributed by atoms with E-state index in [0.29, 0.717) is 11.8 Å². The zero-order valence-electron chi connectivity index (χ0n) is 14.2. The van der Waals surface area contributed by atoms with E-state index in [1.807, 2.05) is 6.92 Å². The maximum atomic E-state index is 11.4. The van der Waals surface area contributed by atoms with Crippen LogP contribution >= 0.6 is 0 Å². The number of hydrogen-bond donors (Lipinski definition) is 0. The zero-order chi connectivity index (χ0) is 16.4. The van der Waals surface area contributed by atoms with E-state index in [1.165, 1.54) is 6.92 Å². The van der Waals surface area contributed by atoms with Crippen molar-refractivity contribution < 1.29 is 28.8 Å². The summed E-state index contributed by atoms with van der Waals surface area (Å²) >= 11 is 0. The molecule has 5 aliphatic rings. The highest BCUT2D eigenvalue weighted by Gasteiger charge is 2.69. The van der Waals surface area contributed by atoms with Gasteiger partial charge in [0.2, 0.25) is 12.1 Å². The third-order valence-corrected chi connectivity index (χ3v) is 6.38. The molecule has 0 radical (unpaired) electrons. The number of rotatable bonds is 1. The van der Waals surface area contributed by atoms with Crippen LogP contribution in [0.15, 0.2) is 0 Å². The van der Waals surface area contributed by atoms with E-state index < -0.39 is 24.0 Å². The Morgan fingerprint density at radius 2 is 1.91 bits per heavy atom. The molecule has 4 heterocycles. The Hall–Kier alpha value is -0.690. The first kappa shape index (κ1) is 15.8. The fourth-order valence-electron chi connectivity index (χ4n) is 5.17. The van der Waals surface area contributed by atoms with E-state index in [1.54, 1.807) is 0 Å². The molecule has 0 N–H and O–H groups in total. The van der Waals surface area contributed by atoms with Crippen molar-refractivity contribution in [3.8, 4) is 0 Å². The molecule has 6 nitrogen and oxygen atoms in total. The van der Waals surface area contributed by atoms with E-state index >= 15 is 0 Å². The van der Waals surface area contributed by atoms with Crippen molar-refractivity contribution in [2.75, 3.05) is 0 Å². The lowest BCUT2D eigenvalue weighted by molar-refractivity contribution is -0.576. The average Bonchev–Trinajstić information content (AvgIpc) is 2.70. The summed E-state index contributed by atoms with van der Waals surface area (Å²) in [6.45, 7) is 7.64. The molecule has 130 valence electrons. The summed E-state index contributed by atoms with van der Waals surface area (Å²) < 4.78 is 17.7. The topological polar surface area (TPSA) is 63.2 Å². The van der Waals surface area contributed by atoms with Gasteiger partial charge in [0.1, 0.15) is 0 Å². The van der Waals surface area contributed by atoms with Crippen LogP contribution in [-0.2, 0) is 28.8 Å². The smallest absolute Gasteiger partial charge is 0.304 e. The van der Waals surface area contributed by atoms with Gasteiger partial charge >= 0.3 is 5.97 Å². The third kappa shape index (κ3) is 2.18. The maximum Gasteiger partial charge on any atom is 0.304 e. The molecule has 5 rings (SSSR count). The summed E-state index contributed by atoms with van der Waals surface area (Å²) in [6.07, 6.45) is 2.78. The molecule has 8 atom stereocenters. The number of ether oxygens (including phenoxy) is 3.